The smallest absolute Gasteiger partial charge is 0.326 e. The van der Waals surface area contributed by atoms with Crippen LogP contribution in [0, 0.1) is 5.92 Å². The van der Waals surface area contributed by atoms with Gasteiger partial charge < -0.3 is 15.2 Å². The number of rotatable bonds is 3. The van der Waals surface area contributed by atoms with Crippen LogP contribution in [0.3, 0.4) is 0 Å². The molecule has 0 bridgehead atoms. The summed E-state index contributed by atoms with van der Waals surface area (Å²) in [6.07, 6.45) is 4.67. The molecule has 0 saturated carbocycles. The van der Waals surface area contributed by atoms with Crippen molar-refractivity contribution in [3.63, 3.8) is 0 Å². The number of H-pyrrole nitrogens is 1. The van der Waals surface area contributed by atoms with E-state index >= 15 is 0 Å². The topological polar surface area (TPSA) is 70.1 Å². The standard InChI is InChI=1S/C19H26N4O2/c24-18(12-14-4-3-9-20-13-14)22-10-7-15(8-11-22)23-17-6-2-1-5-16(17)21-19(23)25/h1-2,5-6,14-15,20H,3-4,7-13H2,(H,21,25)/t14-/m1/s1. The monoisotopic (exact) mass is 342 g/mol. The molecule has 2 fully saturated rings. The van der Waals surface area contributed by atoms with Crippen molar-refractivity contribution in [3.05, 3.63) is 34.7 Å². The molecule has 2 aliphatic heterocycles. The van der Waals surface area contributed by atoms with Crippen LogP contribution in [0.1, 0.15) is 38.1 Å². The van der Waals surface area contributed by atoms with Crippen LogP contribution in [0.2, 0.25) is 0 Å². The third-order valence-corrected chi connectivity index (χ3v) is 5.67. The third-order valence-electron chi connectivity index (χ3n) is 5.67. The van der Waals surface area contributed by atoms with Crippen LogP contribution in [-0.2, 0) is 4.79 Å². The van der Waals surface area contributed by atoms with Crippen molar-refractivity contribution in [3.8, 4) is 0 Å². The van der Waals surface area contributed by atoms with Crippen LogP contribution >= 0.6 is 0 Å². The zero-order valence-corrected chi connectivity index (χ0v) is 14.5. The van der Waals surface area contributed by atoms with Gasteiger partial charge in [0.2, 0.25) is 5.91 Å². The quantitative estimate of drug-likeness (QED) is 0.895. The highest BCUT2D eigenvalue weighted by Crippen LogP contribution is 2.26. The van der Waals surface area contributed by atoms with Crippen molar-refractivity contribution in [1.29, 1.82) is 0 Å². The fraction of sp³-hybridized carbons (Fsp3) is 0.579. The lowest BCUT2D eigenvalue weighted by molar-refractivity contribution is -0.133. The van der Waals surface area contributed by atoms with Gasteiger partial charge in [0.25, 0.3) is 0 Å². The number of carbonyl (C=O) groups excluding carboxylic acids is 1. The number of hydrogen-bond donors (Lipinski definition) is 2. The van der Waals surface area contributed by atoms with Crippen LogP contribution < -0.4 is 11.0 Å². The van der Waals surface area contributed by atoms with Gasteiger partial charge in [0.15, 0.2) is 0 Å². The molecule has 4 rings (SSSR count). The minimum Gasteiger partial charge on any atom is -0.343 e. The van der Waals surface area contributed by atoms with Crippen LogP contribution in [0.15, 0.2) is 29.1 Å². The lowest BCUT2D eigenvalue weighted by atomic mass is 9.95. The second-order valence-corrected chi connectivity index (χ2v) is 7.35. The van der Waals surface area contributed by atoms with E-state index in [2.05, 4.69) is 10.3 Å². The molecule has 1 atom stereocenters. The lowest BCUT2D eigenvalue weighted by Crippen LogP contribution is -2.42. The fourth-order valence-electron chi connectivity index (χ4n) is 4.28. The van der Waals surface area contributed by atoms with E-state index in [1.807, 2.05) is 33.7 Å². The molecule has 6 nitrogen and oxygen atoms in total. The van der Waals surface area contributed by atoms with E-state index in [0.29, 0.717) is 12.3 Å². The van der Waals surface area contributed by atoms with Crippen molar-refractivity contribution in [2.75, 3.05) is 26.2 Å². The minimum absolute atomic E-state index is 0.0424. The molecular formula is C19H26N4O2. The molecule has 6 heteroatoms. The molecule has 2 aromatic rings. The number of nitrogens with one attached hydrogen (secondary N) is 2. The lowest BCUT2D eigenvalue weighted by Gasteiger charge is -2.34. The number of nitrogens with zero attached hydrogens (tertiary/aromatic N) is 2. The molecule has 2 aliphatic rings. The highest BCUT2D eigenvalue weighted by atomic mass is 16.2. The highest BCUT2D eigenvalue weighted by molar-refractivity contribution is 5.77. The van der Waals surface area contributed by atoms with Gasteiger partial charge in [0.1, 0.15) is 0 Å². The Balaban J connectivity index is 1.40. The molecule has 0 aliphatic carbocycles. The normalized spacial score (nSPS) is 22.4. The number of aromatic amines is 1. The van der Waals surface area contributed by atoms with Crippen LogP contribution in [-0.4, -0.2) is 46.5 Å². The largest absolute Gasteiger partial charge is 0.343 e. The van der Waals surface area contributed by atoms with E-state index in [9.17, 15) is 9.59 Å². The Hall–Kier alpha value is -2.08. The van der Waals surface area contributed by atoms with Crippen molar-refractivity contribution >= 4 is 16.9 Å². The first kappa shape index (κ1) is 16.4. The maximum absolute atomic E-state index is 12.6. The maximum atomic E-state index is 12.6. The molecule has 1 aromatic carbocycles. The zero-order valence-electron chi connectivity index (χ0n) is 14.5. The van der Waals surface area contributed by atoms with E-state index in [0.717, 1.165) is 56.5 Å². The van der Waals surface area contributed by atoms with Crippen LogP contribution in [0.5, 0.6) is 0 Å². The number of piperidine rings is 2. The Bertz CT molecular complexity index is 795. The molecule has 25 heavy (non-hydrogen) atoms. The Morgan fingerprint density at radius 2 is 1.96 bits per heavy atom. The molecule has 1 aromatic heterocycles. The summed E-state index contributed by atoms with van der Waals surface area (Å²) in [7, 11) is 0. The highest BCUT2D eigenvalue weighted by Gasteiger charge is 2.27. The Labute approximate surface area is 147 Å². The van der Waals surface area contributed by atoms with E-state index in [4.69, 9.17) is 0 Å². The van der Waals surface area contributed by atoms with E-state index in [1.165, 1.54) is 6.42 Å². The van der Waals surface area contributed by atoms with E-state index in [1.54, 1.807) is 0 Å². The predicted octanol–water partition coefficient (Wildman–Crippen LogP) is 1.88. The third kappa shape index (κ3) is 3.35. The molecule has 0 unspecified atom stereocenters. The first-order chi connectivity index (χ1) is 12.2. The molecule has 1 amide bonds. The van der Waals surface area contributed by atoms with Gasteiger partial charge in [-0.15, -0.1) is 0 Å². The second-order valence-electron chi connectivity index (χ2n) is 7.35. The molecule has 0 spiro atoms. The number of amides is 1. The summed E-state index contributed by atoms with van der Waals surface area (Å²) in [5.41, 5.74) is 1.81. The molecule has 134 valence electrons. The summed E-state index contributed by atoms with van der Waals surface area (Å²) in [5, 5.41) is 3.38. The number of hydrogen-bond acceptors (Lipinski definition) is 3. The Kier molecular flexibility index (Phi) is 4.61. The summed E-state index contributed by atoms with van der Waals surface area (Å²) in [6.45, 7) is 3.54. The first-order valence-electron chi connectivity index (χ1n) is 9.40. The summed E-state index contributed by atoms with van der Waals surface area (Å²) in [5.74, 6) is 0.758. The average molecular weight is 342 g/mol. The average Bonchev–Trinajstić information content (AvgIpc) is 2.98. The first-order valence-corrected chi connectivity index (χ1v) is 9.40. The number of imidazole rings is 1. The summed E-state index contributed by atoms with van der Waals surface area (Å²) < 4.78 is 1.88. The summed E-state index contributed by atoms with van der Waals surface area (Å²) >= 11 is 0. The van der Waals surface area contributed by atoms with Gasteiger partial charge in [0.05, 0.1) is 11.0 Å². The van der Waals surface area contributed by atoms with Gasteiger partial charge in [-0.05, 0) is 56.8 Å². The van der Waals surface area contributed by atoms with Gasteiger partial charge in [-0.1, -0.05) is 12.1 Å². The Morgan fingerprint density at radius 1 is 1.16 bits per heavy atom. The number of aromatic nitrogens is 2. The van der Waals surface area contributed by atoms with Gasteiger partial charge in [-0.25, -0.2) is 4.79 Å². The molecular weight excluding hydrogens is 316 g/mol. The molecule has 2 saturated heterocycles. The summed E-state index contributed by atoms with van der Waals surface area (Å²) in [6, 6.07) is 7.99. The van der Waals surface area contributed by atoms with E-state index in [-0.39, 0.29) is 17.6 Å². The van der Waals surface area contributed by atoms with Crippen LogP contribution in [0.25, 0.3) is 11.0 Å². The maximum Gasteiger partial charge on any atom is 0.326 e. The van der Waals surface area contributed by atoms with Crippen molar-refractivity contribution in [2.24, 2.45) is 5.92 Å². The second kappa shape index (κ2) is 7.04. The Morgan fingerprint density at radius 3 is 2.72 bits per heavy atom. The fourth-order valence-corrected chi connectivity index (χ4v) is 4.28. The number of likely N-dealkylation sites (tertiary alicyclic amines) is 1. The van der Waals surface area contributed by atoms with Gasteiger partial charge in [0, 0.05) is 25.6 Å². The van der Waals surface area contributed by atoms with Gasteiger partial charge in [-0.3, -0.25) is 9.36 Å². The number of benzene rings is 1. The van der Waals surface area contributed by atoms with Gasteiger partial charge >= 0.3 is 5.69 Å². The van der Waals surface area contributed by atoms with E-state index < -0.39 is 0 Å². The van der Waals surface area contributed by atoms with Crippen molar-refractivity contribution < 1.29 is 4.79 Å². The molecule has 2 N–H and O–H groups in total. The van der Waals surface area contributed by atoms with Crippen molar-refractivity contribution in [1.82, 2.24) is 19.8 Å². The van der Waals surface area contributed by atoms with Gasteiger partial charge in [-0.2, -0.15) is 0 Å². The zero-order chi connectivity index (χ0) is 17.2. The number of para-hydroxylation sites is 2. The molecule has 3 heterocycles. The number of fused-ring (bicyclic) bond motifs is 1. The van der Waals surface area contributed by atoms with Crippen molar-refractivity contribution in [2.45, 2.75) is 38.1 Å². The SMILES string of the molecule is O=C(C[C@H]1CCCNC1)N1CCC(n2c(=O)[nH]c3ccccc32)CC1. The predicted molar refractivity (Wildman–Crippen MR) is 97.6 cm³/mol. The number of carbonyl (C=O) groups is 1. The minimum atomic E-state index is -0.0424. The van der Waals surface area contributed by atoms with Crippen LogP contribution in [0.4, 0.5) is 0 Å². The summed E-state index contributed by atoms with van der Waals surface area (Å²) in [4.78, 5) is 29.8. The molecule has 0 radical (unpaired) electrons.